The Morgan fingerprint density at radius 1 is 1.18 bits per heavy atom. The average Bonchev–Trinajstić information content (AvgIpc) is 3.43. The van der Waals surface area contributed by atoms with Crippen molar-refractivity contribution < 1.29 is 9.90 Å². The molecule has 3 rings (SSSR count). The average molecular weight is 573 g/mol. The first-order valence-corrected chi connectivity index (χ1v) is 11.3. The Morgan fingerprint density at radius 2 is 1.82 bits per heavy atom. The van der Waals surface area contributed by atoms with Crippen molar-refractivity contribution in [3.63, 3.8) is 0 Å². The van der Waals surface area contributed by atoms with E-state index in [1.807, 2.05) is 0 Å². The van der Waals surface area contributed by atoms with Crippen molar-refractivity contribution in [2.24, 2.45) is 11.0 Å². The minimum absolute atomic E-state index is 0.0529. The summed E-state index contributed by atoms with van der Waals surface area (Å²) in [4.78, 5) is 12.4. The highest BCUT2D eigenvalue weighted by atomic mass is 79.9. The molecular formula is C21H21Br3N2O2. The largest absolute Gasteiger partial charge is 0.506 e. The molecule has 2 N–H and O–H groups in total. The summed E-state index contributed by atoms with van der Waals surface area (Å²) >= 11 is 10.0. The molecule has 2 atom stereocenters. The van der Waals surface area contributed by atoms with Crippen LogP contribution in [0.1, 0.15) is 49.8 Å². The van der Waals surface area contributed by atoms with E-state index < -0.39 is 0 Å². The topological polar surface area (TPSA) is 61.7 Å². The second-order valence-corrected chi connectivity index (χ2v) is 10.5. The number of carbonyl (C=O) groups is 1. The van der Waals surface area contributed by atoms with Crippen molar-refractivity contribution in [1.29, 1.82) is 0 Å². The van der Waals surface area contributed by atoms with Crippen LogP contribution in [0.25, 0.3) is 0 Å². The number of nitrogens with one attached hydrogen (secondary N) is 1. The normalized spacial score (nSPS) is 19.1. The van der Waals surface area contributed by atoms with Crippen LogP contribution in [0.4, 0.5) is 0 Å². The molecule has 1 saturated carbocycles. The van der Waals surface area contributed by atoms with Crippen LogP contribution in [-0.2, 0) is 10.2 Å². The van der Waals surface area contributed by atoms with Crippen LogP contribution < -0.4 is 5.43 Å². The Bertz CT molecular complexity index is 934. The fourth-order valence-electron chi connectivity index (χ4n) is 3.04. The molecule has 0 saturated heterocycles. The van der Waals surface area contributed by atoms with Gasteiger partial charge in [0.25, 0.3) is 0 Å². The lowest BCUT2D eigenvalue weighted by atomic mass is 9.86. The summed E-state index contributed by atoms with van der Waals surface area (Å²) in [7, 11) is 0. The molecular weight excluding hydrogens is 552 g/mol. The number of phenols is 1. The molecule has 0 spiro atoms. The second-order valence-electron chi connectivity index (χ2n) is 7.97. The maximum atomic E-state index is 12.4. The fraction of sp³-hybridized carbons (Fsp3) is 0.333. The molecule has 148 valence electrons. The smallest absolute Gasteiger partial charge is 0.243 e. The van der Waals surface area contributed by atoms with Gasteiger partial charge in [-0.3, -0.25) is 4.79 Å². The molecule has 28 heavy (non-hydrogen) atoms. The fourth-order valence-corrected chi connectivity index (χ4v) is 5.37. The molecule has 2 aromatic rings. The third-order valence-electron chi connectivity index (χ3n) is 4.88. The molecule has 1 aliphatic carbocycles. The first-order chi connectivity index (χ1) is 13.1. The number of aromatic hydroxyl groups is 1. The van der Waals surface area contributed by atoms with E-state index in [1.165, 1.54) is 17.3 Å². The van der Waals surface area contributed by atoms with Crippen molar-refractivity contribution in [2.45, 2.75) is 38.5 Å². The van der Waals surface area contributed by atoms with E-state index in [0.717, 1.165) is 10.9 Å². The predicted octanol–water partition coefficient (Wildman–Crippen LogP) is 6.23. The van der Waals surface area contributed by atoms with Crippen LogP contribution in [0.15, 0.2) is 48.9 Å². The van der Waals surface area contributed by atoms with E-state index in [0.29, 0.717) is 14.5 Å². The number of halogens is 3. The van der Waals surface area contributed by atoms with Gasteiger partial charge in [0.15, 0.2) is 0 Å². The summed E-state index contributed by atoms with van der Waals surface area (Å²) in [6, 6.07) is 10.3. The van der Waals surface area contributed by atoms with Crippen LogP contribution in [-0.4, -0.2) is 17.2 Å². The Kier molecular flexibility index (Phi) is 6.37. The van der Waals surface area contributed by atoms with Gasteiger partial charge in [0.2, 0.25) is 5.91 Å². The standard InChI is InChI=1S/C21H21Br3N2O2/c1-21(2,3)12-6-4-11(5-7-12)13-8-14(13)20(28)26-25-10-15-16(22)9-17(23)19(27)18(15)24/h4-7,9-10,13-14,27H,8H2,1-3H3,(H,26,28)/b25-10-/t13-,14+/m1/s1. The highest BCUT2D eigenvalue weighted by Gasteiger charge is 2.44. The van der Waals surface area contributed by atoms with Crippen molar-refractivity contribution in [1.82, 2.24) is 5.43 Å². The van der Waals surface area contributed by atoms with Gasteiger partial charge in [-0.1, -0.05) is 61.0 Å². The zero-order chi connectivity index (χ0) is 20.6. The van der Waals surface area contributed by atoms with E-state index in [9.17, 15) is 9.90 Å². The Hall–Kier alpha value is -1.18. The number of rotatable bonds is 4. The minimum atomic E-state index is -0.0882. The first-order valence-electron chi connectivity index (χ1n) is 8.89. The van der Waals surface area contributed by atoms with E-state index in [1.54, 1.807) is 6.07 Å². The molecule has 7 heteroatoms. The van der Waals surface area contributed by atoms with Crippen molar-refractivity contribution in [2.75, 3.05) is 0 Å². The SMILES string of the molecule is CC(C)(C)c1ccc([C@H]2C[C@@H]2C(=O)N/N=C\c2c(Br)cc(Br)c(O)c2Br)cc1. The van der Waals surface area contributed by atoms with Gasteiger partial charge < -0.3 is 5.11 Å². The lowest BCUT2D eigenvalue weighted by molar-refractivity contribution is -0.122. The van der Waals surface area contributed by atoms with Crippen molar-refractivity contribution >= 4 is 59.9 Å². The van der Waals surface area contributed by atoms with E-state index in [2.05, 4.69) is 103 Å². The first kappa shape index (κ1) is 21.5. The molecule has 0 bridgehead atoms. The van der Waals surface area contributed by atoms with Gasteiger partial charge in [-0.15, -0.1) is 0 Å². The molecule has 0 aromatic heterocycles. The summed E-state index contributed by atoms with van der Waals surface area (Å²) in [5, 5.41) is 14.0. The van der Waals surface area contributed by atoms with E-state index >= 15 is 0 Å². The quantitative estimate of drug-likeness (QED) is 0.337. The van der Waals surface area contributed by atoms with Crippen LogP contribution >= 0.6 is 47.8 Å². The summed E-state index contributed by atoms with van der Waals surface area (Å²) in [6.45, 7) is 6.57. The van der Waals surface area contributed by atoms with Gasteiger partial charge in [0.1, 0.15) is 5.75 Å². The highest BCUT2D eigenvalue weighted by Crippen LogP contribution is 2.47. The number of benzene rings is 2. The summed E-state index contributed by atoms with van der Waals surface area (Å²) < 4.78 is 1.80. The van der Waals surface area contributed by atoms with Crippen LogP contribution in [0.2, 0.25) is 0 Å². The van der Waals surface area contributed by atoms with E-state index in [-0.39, 0.29) is 28.9 Å². The number of hydrogen-bond donors (Lipinski definition) is 2. The lowest BCUT2D eigenvalue weighted by Gasteiger charge is -2.19. The summed E-state index contributed by atoms with van der Waals surface area (Å²) in [5.74, 6) is 0.189. The molecule has 1 aliphatic rings. The molecule has 0 unspecified atom stereocenters. The molecule has 0 heterocycles. The molecule has 4 nitrogen and oxygen atoms in total. The summed E-state index contributed by atoms with van der Waals surface area (Å²) in [5.41, 5.74) is 5.86. The number of phenolic OH excluding ortho intramolecular Hbond substituents is 1. The number of amides is 1. The number of carbonyl (C=O) groups excluding carboxylic acids is 1. The predicted molar refractivity (Wildman–Crippen MR) is 123 cm³/mol. The van der Waals surface area contributed by atoms with Gasteiger partial charge >= 0.3 is 0 Å². The van der Waals surface area contributed by atoms with Crippen LogP contribution in [0.5, 0.6) is 5.75 Å². The van der Waals surface area contributed by atoms with Crippen LogP contribution in [0, 0.1) is 5.92 Å². The van der Waals surface area contributed by atoms with Gasteiger partial charge in [0.05, 0.1) is 15.2 Å². The lowest BCUT2D eigenvalue weighted by Crippen LogP contribution is -2.20. The van der Waals surface area contributed by atoms with Gasteiger partial charge in [-0.05, 0) is 66.8 Å². The van der Waals surface area contributed by atoms with Crippen molar-refractivity contribution in [3.8, 4) is 5.75 Å². The molecule has 0 aliphatic heterocycles. The zero-order valence-corrected chi connectivity index (χ0v) is 20.5. The third kappa shape index (κ3) is 4.69. The maximum absolute atomic E-state index is 12.4. The molecule has 1 amide bonds. The second kappa shape index (κ2) is 8.28. The third-order valence-corrected chi connectivity index (χ3v) is 6.95. The Balaban J connectivity index is 1.62. The molecule has 1 fully saturated rings. The monoisotopic (exact) mass is 570 g/mol. The highest BCUT2D eigenvalue weighted by molar-refractivity contribution is 9.11. The van der Waals surface area contributed by atoms with Crippen LogP contribution in [0.3, 0.4) is 0 Å². The van der Waals surface area contributed by atoms with Gasteiger partial charge in [-0.2, -0.15) is 5.10 Å². The Labute approximate surface area is 190 Å². The number of hydrogen-bond acceptors (Lipinski definition) is 3. The number of hydrazone groups is 1. The zero-order valence-electron chi connectivity index (χ0n) is 15.8. The molecule has 0 radical (unpaired) electrons. The molecule has 2 aromatic carbocycles. The van der Waals surface area contributed by atoms with Crippen molar-refractivity contribution in [3.05, 3.63) is 60.4 Å². The van der Waals surface area contributed by atoms with E-state index in [4.69, 9.17) is 0 Å². The maximum Gasteiger partial charge on any atom is 0.243 e. The van der Waals surface area contributed by atoms with Gasteiger partial charge in [0, 0.05) is 16.0 Å². The number of nitrogens with zero attached hydrogens (tertiary/aromatic N) is 1. The summed E-state index contributed by atoms with van der Waals surface area (Å²) in [6.07, 6.45) is 2.34. The van der Waals surface area contributed by atoms with Gasteiger partial charge in [-0.25, -0.2) is 5.43 Å². The minimum Gasteiger partial charge on any atom is -0.506 e. The Morgan fingerprint density at radius 3 is 2.43 bits per heavy atom.